The minimum Gasteiger partial charge on any atom is -0.508 e. The lowest BCUT2D eigenvalue weighted by Gasteiger charge is -2.21. The molecule has 1 fully saturated rings. The molecule has 11 nitrogen and oxygen atoms in total. The number of nitrogens with zero attached hydrogens (tertiary/aromatic N) is 2. The van der Waals surface area contributed by atoms with E-state index in [9.17, 15) is 34.5 Å². The van der Waals surface area contributed by atoms with Crippen molar-refractivity contribution in [1.29, 1.82) is 0 Å². The van der Waals surface area contributed by atoms with Gasteiger partial charge in [-0.25, -0.2) is 14.6 Å². The van der Waals surface area contributed by atoms with E-state index in [0.29, 0.717) is 46.9 Å². The molecule has 4 rings (SSSR count). The van der Waals surface area contributed by atoms with Crippen molar-refractivity contribution in [2.24, 2.45) is 5.92 Å². The van der Waals surface area contributed by atoms with Gasteiger partial charge in [0.05, 0.1) is 11.2 Å². The van der Waals surface area contributed by atoms with E-state index in [1.807, 2.05) is 13.8 Å². The molecule has 2 atom stereocenters. The predicted octanol–water partition coefficient (Wildman–Crippen LogP) is 2.66. The number of phenolic OH excluding ortho intramolecular Hbond substituents is 1. The van der Waals surface area contributed by atoms with Crippen molar-refractivity contribution in [2.75, 3.05) is 6.54 Å². The van der Waals surface area contributed by atoms with Gasteiger partial charge in [0.1, 0.15) is 23.5 Å². The topological polar surface area (TPSA) is 173 Å². The Morgan fingerprint density at radius 2 is 1.92 bits per heavy atom. The van der Waals surface area contributed by atoms with Gasteiger partial charge in [0.15, 0.2) is 0 Å². The summed E-state index contributed by atoms with van der Waals surface area (Å²) in [6, 6.07) is 4.34. The number of pyridine rings is 1. The van der Waals surface area contributed by atoms with Crippen molar-refractivity contribution in [3.05, 3.63) is 35.7 Å². The van der Waals surface area contributed by atoms with E-state index < -0.39 is 29.9 Å². The smallest absolute Gasteiger partial charge is 0.326 e. The summed E-state index contributed by atoms with van der Waals surface area (Å²) in [4.78, 5) is 58.2. The highest BCUT2D eigenvalue weighted by Crippen LogP contribution is 2.31. The van der Waals surface area contributed by atoms with E-state index in [-0.39, 0.29) is 42.5 Å². The van der Waals surface area contributed by atoms with Crippen LogP contribution in [0.5, 0.6) is 5.75 Å². The van der Waals surface area contributed by atoms with Gasteiger partial charge in [0, 0.05) is 35.7 Å². The summed E-state index contributed by atoms with van der Waals surface area (Å²) in [6.45, 7) is 4.09. The Morgan fingerprint density at radius 3 is 2.59 bits per heavy atom. The van der Waals surface area contributed by atoms with Gasteiger partial charge in [0.2, 0.25) is 5.91 Å². The number of aromatic amines is 1. The maximum Gasteiger partial charge on any atom is 0.326 e. The van der Waals surface area contributed by atoms with Crippen LogP contribution in [-0.4, -0.2) is 72.6 Å². The Hall–Kier alpha value is -4.15. The maximum absolute atomic E-state index is 13.1. The SMILES string of the molecule is CC(C)C[C@H](NC(=O)c1cc2c([nH]c3ccc(O)cc32)c(CCC(=O)N2CCC[C@H]2C(=O)O)n1)C(=O)O. The number of hydrogen-bond donors (Lipinski definition) is 5. The molecule has 0 unspecified atom stereocenters. The highest BCUT2D eigenvalue weighted by atomic mass is 16.4. The zero-order valence-corrected chi connectivity index (χ0v) is 20.7. The van der Waals surface area contributed by atoms with Crippen molar-refractivity contribution in [1.82, 2.24) is 20.2 Å². The number of nitrogens with one attached hydrogen (secondary N) is 2. The van der Waals surface area contributed by atoms with Crippen LogP contribution in [0.25, 0.3) is 21.8 Å². The zero-order chi connectivity index (χ0) is 26.9. The molecule has 11 heteroatoms. The molecule has 0 spiro atoms. The number of hydrogen-bond acceptors (Lipinski definition) is 6. The Morgan fingerprint density at radius 1 is 1.16 bits per heavy atom. The number of amides is 2. The summed E-state index contributed by atoms with van der Waals surface area (Å²) in [6.07, 6.45) is 1.39. The number of benzene rings is 1. The Labute approximate surface area is 212 Å². The zero-order valence-electron chi connectivity index (χ0n) is 20.7. The number of aromatic nitrogens is 2. The summed E-state index contributed by atoms with van der Waals surface area (Å²) in [5.74, 6) is -3.09. The van der Waals surface area contributed by atoms with Crippen molar-refractivity contribution >= 4 is 45.6 Å². The highest BCUT2D eigenvalue weighted by Gasteiger charge is 2.33. The molecule has 0 saturated carbocycles. The third-order valence-electron chi connectivity index (χ3n) is 6.62. The van der Waals surface area contributed by atoms with Crippen molar-refractivity contribution in [3.8, 4) is 5.75 Å². The average molecular weight is 511 g/mol. The summed E-state index contributed by atoms with van der Waals surface area (Å²) in [7, 11) is 0. The molecule has 3 heterocycles. The predicted molar refractivity (Wildman–Crippen MR) is 134 cm³/mol. The Bertz CT molecular complexity index is 1380. The van der Waals surface area contributed by atoms with E-state index in [1.54, 1.807) is 12.1 Å². The maximum atomic E-state index is 13.1. The molecule has 1 saturated heterocycles. The van der Waals surface area contributed by atoms with Crippen LogP contribution in [0.15, 0.2) is 24.3 Å². The van der Waals surface area contributed by atoms with Gasteiger partial charge in [0.25, 0.3) is 5.91 Å². The molecular formula is C26H30N4O7. The van der Waals surface area contributed by atoms with Crippen LogP contribution in [0.3, 0.4) is 0 Å². The monoisotopic (exact) mass is 510 g/mol. The molecular weight excluding hydrogens is 480 g/mol. The van der Waals surface area contributed by atoms with Crippen LogP contribution in [0.2, 0.25) is 0 Å². The molecule has 2 amide bonds. The van der Waals surface area contributed by atoms with Gasteiger partial charge in [-0.2, -0.15) is 0 Å². The van der Waals surface area contributed by atoms with E-state index in [2.05, 4.69) is 15.3 Å². The first-order chi connectivity index (χ1) is 17.5. The number of phenols is 1. The second kappa shape index (κ2) is 10.5. The minimum atomic E-state index is -1.15. The Kier molecular flexibility index (Phi) is 7.33. The molecule has 37 heavy (non-hydrogen) atoms. The van der Waals surface area contributed by atoms with Gasteiger partial charge < -0.3 is 30.5 Å². The Balaban J connectivity index is 1.69. The molecule has 196 valence electrons. The lowest BCUT2D eigenvalue weighted by molar-refractivity contribution is -0.148. The first-order valence-corrected chi connectivity index (χ1v) is 12.3. The molecule has 0 radical (unpaired) electrons. The summed E-state index contributed by atoms with van der Waals surface area (Å²) < 4.78 is 0. The van der Waals surface area contributed by atoms with Crippen molar-refractivity contribution < 1.29 is 34.5 Å². The first-order valence-electron chi connectivity index (χ1n) is 12.3. The van der Waals surface area contributed by atoms with E-state index in [4.69, 9.17) is 0 Å². The molecule has 1 aliphatic heterocycles. The average Bonchev–Trinajstić information content (AvgIpc) is 3.46. The molecule has 1 aromatic carbocycles. The molecule has 5 N–H and O–H groups in total. The van der Waals surface area contributed by atoms with Gasteiger partial charge >= 0.3 is 11.9 Å². The summed E-state index contributed by atoms with van der Waals surface area (Å²) in [5, 5.41) is 32.7. The number of likely N-dealkylation sites (tertiary alicyclic amines) is 1. The van der Waals surface area contributed by atoms with E-state index >= 15 is 0 Å². The quantitative estimate of drug-likeness (QED) is 0.292. The lowest BCUT2D eigenvalue weighted by atomic mass is 10.0. The second-order valence-electron chi connectivity index (χ2n) is 9.81. The summed E-state index contributed by atoms with van der Waals surface area (Å²) >= 11 is 0. The fraction of sp³-hybridized carbons (Fsp3) is 0.423. The fourth-order valence-electron chi connectivity index (χ4n) is 4.86. The van der Waals surface area contributed by atoms with Crippen molar-refractivity contribution in [3.63, 3.8) is 0 Å². The first kappa shape index (κ1) is 25.9. The van der Waals surface area contributed by atoms with Crippen LogP contribution in [-0.2, 0) is 20.8 Å². The number of carbonyl (C=O) groups is 4. The standard InChI is InChI=1S/C26H30N4O7/c1-13(2)10-20(25(34)35)29-24(33)19-12-16-15-11-14(31)5-6-17(15)28-23(16)18(27-19)7-8-22(32)30-9-3-4-21(30)26(36)37/h5-6,11-13,20-21,28,31H,3-4,7-10H2,1-2H3,(H,29,33)(H,34,35)(H,36,37)/t20-,21-/m0/s1. The van der Waals surface area contributed by atoms with Crippen molar-refractivity contribution in [2.45, 2.75) is 58.0 Å². The molecule has 3 aromatic rings. The van der Waals surface area contributed by atoms with Gasteiger partial charge in [-0.05, 0) is 49.4 Å². The normalized spacial score (nSPS) is 16.4. The second-order valence-corrected chi connectivity index (χ2v) is 9.81. The third kappa shape index (κ3) is 5.50. The van der Waals surface area contributed by atoms with E-state index in [1.165, 1.54) is 17.0 Å². The lowest BCUT2D eigenvalue weighted by Crippen LogP contribution is -2.42. The number of H-pyrrole nitrogens is 1. The number of aliphatic carboxylic acids is 2. The molecule has 1 aliphatic rings. The number of fused-ring (bicyclic) bond motifs is 3. The van der Waals surface area contributed by atoms with Crippen LogP contribution in [0, 0.1) is 5.92 Å². The van der Waals surface area contributed by atoms with E-state index in [0.717, 1.165) is 0 Å². The largest absolute Gasteiger partial charge is 0.508 e. The van der Waals surface area contributed by atoms with Crippen LogP contribution in [0.4, 0.5) is 0 Å². The third-order valence-corrected chi connectivity index (χ3v) is 6.62. The van der Waals surface area contributed by atoms with Crippen LogP contribution >= 0.6 is 0 Å². The van der Waals surface area contributed by atoms with Gasteiger partial charge in [-0.15, -0.1) is 0 Å². The summed E-state index contributed by atoms with van der Waals surface area (Å²) in [5.41, 5.74) is 1.67. The number of aromatic hydroxyl groups is 1. The van der Waals surface area contributed by atoms with Gasteiger partial charge in [-0.3, -0.25) is 9.59 Å². The minimum absolute atomic E-state index is 0.0112. The van der Waals surface area contributed by atoms with Crippen LogP contribution < -0.4 is 5.32 Å². The van der Waals surface area contributed by atoms with Crippen LogP contribution in [0.1, 0.15) is 55.7 Å². The molecule has 2 aromatic heterocycles. The number of aryl methyl sites for hydroxylation is 1. The fourth-order valence-corrected chi connectivity index (χ4v) is 4.86. The highest BCUT2D eigenvalue weighted by molar-refractivity contribution is 6.10. The van der Waals surface area contributed by atoms with Gasteiger partial charge in [-0.1, -0.05) is 13.8 Å². The molecule has 0 bridgehead atoms. The number of carboxylic acids is 2. The molecule has 0 aliphatic carbocycles. The number of carboxylic acid groups (broad SMARTS) is 2. The number of rotatable bonds is 9. The number of carbonyl (C=O) groups excluding carboxylic acids is 2.